The number of ether oxygens (including phenoxy) is 1. The summed E-state index contributed by atoms with van der Waals surface area (Å²) in [4.78, 5) is 12.2. The van der Waals surface area contributed by atoms with Crippen LogP contribution in [-0.2, 0) is 4.79 Å². The number of aryl methyl sites for hydroxylation is 1. The van der Waals surface area contributed by atoms with Crippen molar-refractivity contribution < 1.29 is 14.3 Å². The lowest BCUT2D eigenvalue weighted by atomic mass is 10.2. The zero-order valence-corrected chi connectivity index (χ0v) is 15.0. The van der Waals surface area contributed by atoms with E-state index in [0.717, 1.165) is 10.3 Å². The Labute approximate surface area is 156 Å². The van der Waals surface area contributed by atoms with Crippen molar-refractivity contribution in [2.24, 2.45) is 0 Å². The Kier molecular flexibility index (Phi) is 5.76. The van der Waals surface area contributed by atoms with E-state index in [-0.39, 0.29) is 11.7 Å². The number of benzene rings is 2. The number of aromatic nitrogens is 1. The van der Waals surface area contributed by atoms with Crippen molar-refractivity contribution in [3.63, 3.8) is 0 Å². The predicted molar refractivity (Wildman–Crippen MR) is 102 cm³/mol. The van der Waals surface area contributed by atoms with Crippen LogP contribution in [0.1, 0.15) is 5.56 Å². The molecule has 0 fully saturated rings. The van der Waals surface area contributed by atoms with Crippen LogP contribution in [-0.4, -0.2) is 11.7 Å². The molecular formula is C20H18N2O3S. The lowest BCUT2D eigenvalue weighted by molar-refractivity contribution is -0.645. The van der Waals surface area contributed by atoms with Gasteiger partial charge in [-0.05, 0) is 49.0 Å². The van der Waals surface area contributed by atoms with Gasteiger partial charge in [-0.2, -0.15) is 4.73 Å². The molecule has 0 saturated heterocycles. The van der Waals surface area contributed by atoms with E-state index >= 15 is 0 Å². The van der Waals surface area contributed by atoms with Gasteiger partial charge in [0.1, 0.15) is 5.75 Å². The number of rotatable bonds is 6. The van der Waals surface area contributed by atoms with Crippen molar-refractivity contribution in [2.75, 3.05) is 11.1 Å². The maximum atomic E-state index is 12.2. The van der Waals surface area contributed by atoms with Gasteiger partial charge in [0, 0.05) is 12.1 Å². The highest BCUT2D eigenvalue weighted by Crippen LogP contribution is 2.29. The topological polar surface area (TPSA) is 65.3 Å². The fraction of sp³-hybridized carbons (Fsp3) is 0.100. The molecule has 0 aliphatic rings. The van der Waals surface area contributed by atoms with Gasteiger partial charge in [-0.1, -0.05) is 29.8 Å². The summed E-state index contributed by atoms with van der Waals surface area (Å²) in [5.41, 5.74) is 1.73. The van der Waals surface area contributed by atoms with Crippen LogP contribution in [0, 0.1) is 12.1 Å². The molecule has 1 N–H and O–H groups in total. The minimum Gasteiger partial charge on any atom is -0.618 e. The van der Waals surface area contributed by atoms with Crippen LogP contribution >= 0.6 is 11.8 Å². The zero-order chi connectivity index (χ0) is 18.4. The van der Waals surface area contributed by atoms with Crippen LogP contribution in [0.25, 0.3) is 0 Å². The van der Waals surface area contributed by atoms with E-state index in [4.69, 9.17) is 4.74 Å². The second kappa shape index (κ2) is 8.40. The molecule has 0 aliphatic carbocycles. The molecule has 5 nitrogen and oxygen atoms in total. The predicted octanol–water partition coefficient (Wildman–Crippen LogP) is 4.15. The molecule has 26 heavy (non-hydrogen) atoms. The Morgan fingerprint density at radius 1 is 1.08 bits per heavy atom. The summed E-state index contributed by atoms with van der Waals surface area (Å²) in [6, 6.07) is 20.0. The number of carbonyl (C=O) groups excluding carboxylic acids is 1. The van der Waals surface area contributed by atoms with Gasteiger partial charge >= 0.3 is 0 Å². The lowest BCUT2D eigenvalue weighted by Crippen LogP contribution is -2.28. The Bertz CT molecular complexity index is 898. The van der Waals surface area contributed by atoms with Crippen molar-refractivity contribution in [3.8, 4) is 11.5 Å². The molecule has 0 bridgehead atoms. The van der Waals surface area contributed by atoms with Gasteiger partial charge in [-0.3, -0.25) is 4.79 Å². The summed E-state index contributed by atoms with van der Waals surface area (Å²) >= 11 is 1.18. The van der Waals surface area contributed by atoms with E-state index in [1.54, 1.807) is 30.3 Å². The van der Waals surface area contributed by atoms with Gasteiger partial charge in [-0.25, -0.2) is 0 Å². The van der Waals surface area contributed by atoms with E-state index in [9.17, 15) is 10.0 Å². The monoisotopic (exact) mass is 366 g/mol. The second-order valence-electron chi connectivity index (χ2n) is 5.61. The number of hydrogen-bond acceptors (Lipinski definition) is 4. The molecule has 0 radical (unpaired) electrons. The maximum Gasteiger partial charge on any atom is 0.251 e. The molecule has 132 valence electrons. The van der Waals surface area contributed by atoms with Gasteiger partial charge in [0.25, 0.3) is 5.03 Å². The molecule has 1 amide bonds. The van der Waals surface area contributed by atoms with Crippen molar-refractivity contribution in [3.05, 3.63) is 83.7 Å². The van der Waals surface area contributed by atoms with E-state index in [2.05, 4.69) is 5.32 Å². The highest BCUT2D eigenvalue weighted by Gasteiger charge is 2.12. The zero-order valence-electron chi connectivity index (χ0n) is 14.2. The molecule has 2 aromatic carbocycles. The van der Waals surface area contributed by atoms with Crippen molar-refractivity contribution in [2.45, 2.75) is 11.9 Å². The number of thioether (sulfide) groups is 1. The summed E-state index contributed by atoms with van der Waals surface area (Å²) in [5.74, 6) is 1.18. The minimum atomic E-state index is -0.209. The first-order valence-corrected chi connectivity index (χ1v) is 9.05. The van der Waals surface area contributed by atoms with Crippen molar-refractivity contribution in [1.82, 2.24) is 0 Å². The maximum absolute atomic E-state index is 12.2. The summed E-state index contributed by atoms with van der Waals surface area (Å²) in [6.07, 6.45) is 1.41. The van der Waals surface area contributed by atoms with Crippen molar-refractivity contribution in [1.29, 1.82) is 0 Å². The van der Waals surface area contributed by atoms with E-state index in [1.807, 2.05) is 43.3 Å². The highest BCUT2D eigenvalue weighted by molar-refractivity contribution is 7.99. The number of nitrogens with one attached hydrogen (secondary N) is 1. The second-order valence-corrected chi connectivity index (χ2v) is 6.61. The van der Waals surface area contributed by atoms with Crippen LogP contribution in [0.3, 0.4) is 0 Å². The SMILES string of the molecule is Cc1ccc(Oc2ccccc2NC(=O)CSc2cccc[n+]2[O-])cc1. The quantitative estimate of drug-likeness (QED) is 0.404. The number of nitrogens with zero attached hydrogens (tertiary/aromatic N) is 1. The Morgan fingerprint density at radius 3 is 2.58 bits per heavy atom. The molecule has 0 spiro atoms. The number of amides is 1. The van der Waals surface area contributed by atoms with Gasteiger partial charge in [-0.15, -0.1) is 0 Å². The molecular weight excluding hydrogens is 348 g/mol. The summed E-state index contributed by atoms with van der Waals surface area (Å²) in [6.45, 7) is 2.01. The van der Waals surface area contributed by atoms with E-state index in [1.165, 1.54) is 18.0 Å². The number of para-hydroxylation sites is 2. The summed E-state index contributed by atoms with van der Waals surface area (Å²) < 4.78 is 6.61. The first-order valence-electron chi connectivity index (χ1n) is 8.06. The molecule has 1 aromatic heterocycles. The van der Waals surface area contributed by atoms with Crippen LogP contribution in [0.5, 0.6) is 11.5 Å². The third kappa shape index (κ3) is 4.77. The Balaban J connectivity index is 1.65. The van der Waals surface area contributed by atoms with Crippen LogP contribution in [0.15, 0.2) is 78.0 Å². The van der Waals surface area contributed by atoms with Crippen molar-refractivity contribution >= 4 is 23.4 Å². The molecule has 0 unspecified atom stereocenters. The first-order chi connectivity index (χ1) is 12.6. The standard InChI is InChI=1S/C20H18N2O3S/c1-15-9-11-16(12-10-15)25-18-7-3-2-6-17(18)21-19(23)14-26-20-8-4-5-13-22(20)24/h2-13H,14H2,1H3,(H,21,23). The average Bonchev–Trinajstić information content (AvgIpc) is 2.64. The summed E-state index contributed by atoms with van der Waals surface area (Å²) in [5, 5.41) is 14.9. The molecule has 3 aromatic rings. The lowest BCUT2D eigenvalue weighted by Gasteiger charge is -2.12. The number of hydrogen-bond donors (Lipinski definition) is 1. The highest BCUT2D eigenvalue weighted by atomic mass is 32.2. The third-order valence-corrected chi connectivity index (χ3v) is 4.57. The molecule has 0 aliphatic heterocycles. The minimum absolute atomic E-state index is 0.130. The molecule has 0 saturated carbocycles. The van der Waals surface area contributed by atoms with Gasteiger partial charge < -0.3 is 15.3 Å². The van der Waals surface area contributed by atoms with Crippen LogP contribution in [0.4, 0.5) is 5.69 Å². The smallest absolute Gasteiger partial charge is 0.251 e. The average molecular weight is 366 g/mol. The van der Waals surface area contributed by atoms with Gasteiger partial charge in [0.2, 0.25) is 5.91 Å². The fourth-order valence-electron chi connectivity index (χ4n) is 2.24. The van der Waals surface area contributed by atoms with E-state index in [0.29, 0.717) is 22.2 Å². The Hall–Kier alpha value is -2.99. The first kappa shape index (κ1) is 17.8. The number of anilines is 1. The molecule has 6 heteroatoms. The molecule has 1 heterocycles. The largest absolute Gasteiger partial charge is 0.618 e. The molecule has 3 rings (SSSR count). The van der Waals surface area contributed by atoms with Crippen LogP contribution in [0.2, 0.25) is 0 Å². The van der Waals surface area contributed by atoms with Crippen LogP contribution < -0.4 is 14.8 Å². The Morgan fingerprint density at radius 2 is 1.81 bits per heavy atom. The van der Waals surface area contributed by atoms with E-state index < -0.39 is 0 Å². The van der Waals surface area contributed by atoms with Gasteiger partial charge in [0.15, 0.2) is 11.9 Å². The normalized spacial score (nSPS) is 10.3. The summed E-state index contributed by atoms with van der Waals surface area (Å²) in [7, 11) is 0. The number of carbonyl (C=O) groups is 1. The molecule has 0 atom stereocenters. The number of pyridine rings is 1. The third-order valence-electron chi connectivity index (χ3n) is 3.55. The van der Waals surface area contributed by atoms with Gasteiger partial charge in [0.05, 0.1) is 11.4 Å². The fourth-order valence-corrected chi connectivity index (χ4v) is 2.96.